The van der Waals surface area contributed by atoms with E-state index >= 15 is 0 Å². The van der Waals surface area contributed by atoms with E-state index in [1.807, 2.05) is 6.92 Å². The molecule has 0 radical (unpaired) electrons. The largest absolute Gasteiger partial charge is 0.481 e. The van der Waals surface area contributed by atoms with Crippen LogP contribution in [-0.2, 0) is 9.59 Å². The number of hydrogen-bond acceptors (Lipinski definition) is 3. The molecule has 5 nitrogen and oxygen atoms in total. The molecule has 0 heterocycles. The van der Waals surface area contributed by atoms with Crippen LogP contribution in [-0.4, -0.2) is 46.7 Å². The molecule has 0 fully saturated rings. The number of amides is 1. The zero-order valence-electron chi connectivity index (χ0n) is 7.69. The quantitative estimate of drug-likeness (QED) is 0.562. The zero-order chi connectivity index (χ0) is 10.3. The number of aliphatic hydroxyl groups excluding tert-OH is 1. The van der Waals surface area contributed by atoms with E-state index < -0.39 is 18.3 Å². The van der Waals surface area contributed by atoms with Gasteiger partial charge in [0.1, 0.15) is 6.42 Å². The summed E-state index contributed by atoms with van der Waals surface area (Å²) < 4.78 is 0. The van der Waals surface area contributed by atoms with E-state index in [9.17, 15) is 9.59 Å². The van der Waals surface area contributed by atoms with Crippen LogP contribution < -0.4 is 0 Å². The van der Waals surface area contributed by atoms with Crippen molar-refractivity contribution in [3.05, 3.63) is 0 Å². The van der Waals surface area contributed by atoms with E-state index in [1.165, 1.54) is 4.90 Å². The first kappa shape index (κ1) is 11.9. The molecule has 5 heteroatoms. The van der Waals surface area contributed by atoms with Crippen LogP contribution in [0.15, 0.2) is 0 Å². The Hall–Kier alpha value is -1.10. The lowest BCUT2D eigenvalue weighted by Gasteiger charge is -2.19. The third-order valence-corrected chi connectivity index (χ3v) is 1.52. The lowest BCUT2D eigenvalue weighted by molar-refractivity contribution is -0.144. The van der Waals surface area contributed by atoms with Gasteiger partial charge in [0.25, 0.3) is 0 Å². The second-order valence-electron chi connectivity index (χ2n) is 2.67. The summed E-state index contributed by atoms with van der Waals surface area (Å²) >= 11 is 0. The van der Waals surface area contributed by atoms with E-state index in [-0.39, 0.29) is 13.2 Å². The number of carbonyl (C=O) groups excluding carboxylic acids is 1. The molecule has 0 bridgehead atoms. The van der Waals surface area contributed by atoms with Gasteiger partial charge in [-0.3, -0.25) is 9.59 Å². The van der Waals surface area contributed by atoms with Crippen LogP contribution in [0.25, 0.3) is 0 Å². The minimum Gasteiger partial charge on any atom is -0.481 e. The first-order valence-electron chi connectivity index (χ1n) is 4.22. The zero-order valence-corrected chi connectivity index (χ0v) is 7.69. The maximum absolute atomic E-state index is 11.2. The molecule has 0 aromatic carbocycles. The van der Waals surface area contributed by atoms with Crippen LogP contribution >= 0.6 is 0 Å². The molecule has 76 valence electrons. The normalized spacial score (nSPS) is 9.69. The fourth-order valence-corrected chi connectivity index (χ4v) is 0.993. The van der Waals surface area contributed by atoms with E-state index in [0.29, 0.717) is 6.54 Å². The maximum atomic E-state index is 11.2. The van der Waals surface area contributed by atoms with Crippen molar-refractivity contribution < 1.29 is 19.8 Å². The molecule has 0 aliphatic heterocycles. The highest BCUT2D eigenvalue weighted by molar-refractivity contribution is 5.93. The minimum atomic E-state index is -1.14. The van der Waals surface area contributed by atoms with Gasteiger partial charge in [-0.2, -0.15) is 0 Å². The fraction of sp³-hybridized carbons (Fsp3) is 0.750. The van der Waals surface area contributed by atoms with Crippen molar-refractivity contribution in [2.75, 3.05) is 19.7 Å². The average molecular weight is 189 g/mol. The van der Waals surface area contributed by atoms with Crippen LogP contribution in [0.5, 0.6) is 0 Å². The number of carboxylic acid groups (broad SMARTS) is 1. The third kappa shape index (κ3) is 5.19. The third-order valence-electron chi connectivity index (χ3n) is 1.52. The molecule has 0 aliphatic carbocycles. The summed E-state index contributed by atoms with van der Waals surface area (Å²) in [7, 11) is 0. The van der Waals surface area contributed by atoms with Gasteiger partial charge in [0.15, 0.2) is 0 Å². The van der Waals surface area contributed by atoms with E-state index in [0.717, 1.165) is 6.42 Å². The Morgan fingerprint density at radius 3 is 2.31 bits per heavy atom. The van der Waals surface area contributed by atoms with Crippen molar-refractivity contribution in [3.63, 3.8) is 0 Å². The molecule has 2 N–H and O–H groups in total. The summed E-state index contributed by atoms with van der Waals surface area (Å²) in [6, 6.07) is 0. The predicted molar refractivity (Wildman–Crippen MR) is 46.2 cm³/mol. The molecule has 0 aliphatic rings. The Bertz CT molecular complexity index is 175. The first-order valence-corrected chi connectivity index (χ1v) is 4.22. The molecular weight excluding hydrogens is 174 g/mol. The van der Waals surface area contributed by atoms with E-state index in [2.05, 4.69) is 0 Å². The van der Waals surface area contributed by atoms with Crippen LogP contribution in [0.3, 0.4) is 0 Å². The van der Waals surface area contributed by atoms with Crippen molar-refractivity contribution in [1.29, 1.82) is 0 Å². The molecule has 0 saturated carbocycles. The highest BCUT2D eigenvalue weighted by atomic mass is 16.4. The van der Waals surface area contributed by atoms with Gasteiger partial charge in [-0.05, 0) is 6.42 Å². The second kappa shape index (κ2) is 6.42. The molecular formula is C8H15NO4. The number of hydrogen-bond donors (Lipinski definition) is 2. The highest BCUT2D eigenvalue weighted by Crippen LogP contribution is 1.96. The molecule has 0 unspecified atom stereocenters. The summed E-state index contributed by atoms with van der Waals surface area (Å²) in [4.78, 5) is 22.7. The first-order chi connectivity index (χ1) is 6.11. The molecule has 13 heavy (non-hydrogen) atoms. The van der Waals surface area contributed by atoms with Gasteiger partial charge in [0, 0.05) is 13.1 Å². The molecule has 0 spiro atoms. The van der Waals surface area contributed by atoms with E-state index in [4.69, 9.17) is 10.2 Å². The van der Waals surface area contributed by atoms with Gasteiger partial charge in [0.05, 0.1) is 6.61 Å². The van der Waals surface area contributed by atoms with Crippen molar-refractivity contribution in [1.82, 2.24) is 4.90 Å². The number of carbonyl (C=O) groups is 2. The monoisotopic (exact) mass is 189 g/mol. The fourth-order valence-electron chi connectivity index (χ4n) is 0.993. The predicted octanol–water partition coefficient (Wildman–Crippen LogP) is -0.308. The summed E-state index contributed by atoms with van der Waals surface area (Å²) in [5.74, 6) is -1.58. The van der Waals surface area contributed by atoms with Crippen LogP contribution in [0.1, 0.15) is 19.8 Å². The molecule has 0 aromatic rings. The Morgan fingerprint density at radius 2 is 1.92 bits per heavy atom. The number of aliphatic hydroxyl groups is 1. The van der Waals surface area contributed by atoms with Crippen molar-refractivity contribution in [3.8, 4) is 0 Å². The van der Waals surface area contributed by atoms with Crippen molar-refractivity contribution >= 4 is 11.9 Å². The number of aliphatic carboxylic acids is 1. The Balaban J connectivity index is 4.02. The van der Waals surface area contributed by atoms with Crippen molar-refractivity contribution in [2.45, 2.75) is 19.8 Å². The standard InChI is InChI=1S/C8H15NO4/c1-2-3-9(4-5-10)7(11)6-8(12)13/h10H,2-6H2,1H3,(H,12,13). The SMILES string of the molecule is CCCN(CCO)C(=O)CC(=O)O. The molecule has 0 rings (SSSR count). The van der Waals surface area contributed by atoms with Crippen molar-refractivity contribution in [2.24, 2.45) is 0 Å². The lowest BCUT2D eigenvalue weighted by atomic mass is 10.3. The van der Waals surface area contributed by atoms with Gasteiger partial charge in [-0.25, -0.2) is 0 Å². The summed E-state index contributed by atoms with van der Waals surface area (Å²) in [6.07, 6.45) is 0.255. The summed E-state index contributed by atoms with van der Waals surface area (Å²) in [6.45, 7) is 2.45. The van der Waals surface area contributed by atoms with Gasteiger partial charge < -0.3 is 15.1 Å². The van der Waals surface area contributed by atoms with Crippen LogP contribution in [0.2, 0.25) is 0 Å². The molecule has 0 saturated heterocycles. The molecule has 0 atom stereocenters. The average Bonchev–Trinajstić information content (AvgIpc) is 2.02. The van der Waals surface area contributed by atoms with Gasteiger partial charge >= 0.3 is 5.97 Å². The minimum absolute atomic E-state index is 0.134. The highest BCUT2D eigenvalue weighted by Gasteiger charge is 2.14. The van der Waals surface area contributed by atoms with Crippen LogP contribution in [0.4, 0.5) is 0 Å². The number of rotatable bonds is 6. The van der Waals surface area contributed by atoms with E-state index in [1.54, 1.807) is 0 Å². The molecule has 0 aromatic heterocycles. The summed E-state index contributed by atoms with van der Waals surface area (Å²) in [5, 5.41) is 17.0. The topological polar surface area (TPSA) is 77.8 Å². The maximum Gasteiger partial charge on any atom is 0.312 e. The lowest BCUT2D eigenvalue weighted by Crippen LogP contribution is -2.35. The van der Waals surface area contributed by atoms with Gasteiger partial charge in [0.2, 0.25) is 5.91 Å². The Labute approximate surface area is 77.0 Å². The van der Waals surface area contributed by atoms with Gasteiger partial charge in [-0.15, -0.1) is 0 Å². The Kier molecular flexibility index (Phi) is 5.88. The van der Waals surface area contributed by atoms with Crippen LogP contribution in [0, 0.1) is 0 Å². The second-order valence-corrected chi connectivity index (χ2v) is 2.67. The molecule has 1 amide bonds. The number of carboxylic acids is 1. The number of nitrogens with zero attached hydrogens (tertiary/aromatic N) is 1. The smallest absolute Gasteiger partial charge is 0.312 e. The summed E-state index contributed by atoms with van der Waals surface area (Å²) in [5.41, 5.74) is 0. The van der Waals surface area contributed by atoms with Gasteiger partial charge in [-0.1, -0.05) is 6.92 Å². The Morgan fingerprint density at radius 1 is 1.31 bits per heavy atom.